The van der Waals surface area contributed by atoms with E-state index in [2.05, 4.69) is 67.8 Å². The van der Waals surface area contributed by atoms with Crippen LogP contribution in [0.1, 0.15) is 296 Å². The third-order valence-corrected chi connectivity index (χ3v) is 15.3. The van der Waals surface area contributed by atoms with Crippen LogP contribution >= 0.6 is 0 Å². The molecule has 0 bridgehead atoms. The standard InChI is InChI=1S/C68H123NO10/c1-3-5-7-9-11-13-15-30-34-38-42-46-50-54-61(71)60(59-78-68-67(76)66(75)65(74)62(58-70)79-68)69-63(72)55-51-47-43-39-35-32-28-26-24-22-20-18-17-19-21-23-25-27-29-33-37-41-45-49-53-57-77-64(73)56-52-48-44-40-36-31-16-14-12-10-8-6-4-2/h8,10,14,16,18-21,50,54,60-62,65-68,70-71,74-76H,3-7,9,11-13,15,17,22-49,51-53,55-59H2,1-2H3,(H,69,72)/b10-8-,16-14-,20-18-,21-19-,54-50+. The van der Waals surface area contributed by atoms with E-state index in [-0.39, 0.29) is 18.5 Å². The summed E-state index contributed by atoms with van der Waals surface area (Å²) in [4.78, 5) is 25.1. The lowest BCUT2D eigenvalue weighted by Crippen LogP contribution is -2.60. The van der Waals surface area contributed by atoms with Crippen LogP contribution in [-0.2, 0) is 23.8 Å². The average molecular weight is 1110 g/mol. The molecule has 1 rings (SSSR count). The highest BCUT2D eigenvalue weighted by atomic mass is 16.7. The highest BCUT2D eigenvalue weighted by Crippen LogP contribution is 2.23. The van der Waals surface area contributed by atoms with E-state index < -0.39 is 49.5 Å². The Hall–Kier alpha value is -2.64. The fourth-order valence-electron chi connectivity index (χ4n) is 10.1. The number of rotatable bonds is 57. The topological polar surface area (TPSA) is 175 Å². The number of unbranched alkanes of at least 4 members (excludes halogenated alkanes) is 35. The molecule has 79 heavy (non-hydrogen) atoms. The minimum absolute atomic E-state index is 0.0174. The van der Waals surface area contributed by atoms with Crippen molar-refractivity contribution in [1.82, 2.24) is 5.32 Å². The lowest BCUT2D eigenvalue weighted by Gasteiger charge is -2.40. The van der Waals surface area contributed by atoms with Gasteiger partial charge in [0.2, 0.25) is 5.91 Å². The summed E-state index contributed by atoms with van der Waals surface area (Å²) >= 11 is 0. The summed E-state index contributed by atoms with van der Waals surface area (Å²) in [5.74, 6) is -0.205. The third-order valence-electron chi connectivity index (χ3n) is 15.3. The molecule has 11 nitrogen and oxygen atoms in total. The molecule has 6 N–H and O–H groups in total. The zero-order chi connectivity index (χ0) is 57.3. The summed E-state index contributed by atoms with van der Waals surface area (Å²) in [6.45, 7) is 4.27. The van der Waals surface area contributed by atoms with Gasteiger partial charge in [-0.1, -0.05) is 254 Å². The van der Waals surface area contributed by atoms with Gasteiger partial charge < -0.3 is 45.1 Å². The molecular weight excluding hydrogens is 991 g/mol. The van der Waals surface area contributed by atoms with Crippen molar-refractivity contribution in [2.24, 2.45) is 0 Å². The Morgan fingerprint density at radius 2 is 0.873 bits per heavy atom. The van der Waals surface area contributed by atoms with Crippen molar-refractivity contribution in [3.63, 3.8) is 0 Å². The van der Waals surface area contributed by atoms with Gasteiger partial charge in [0, 0.05) is 12.8 Å². The smallest absolute Gasteiger partial charge is 0.305 e. The molecule has 1 fully saturated rings. The number of carbonyl (C=O) groups excluding carboxylic acids is 2. The number of nitrogens with one attached hydrogen (secondary N) is 1. The Balaban J connectivity index is 2.04. The van der Waals surface area contributed by atoms with Crippen molar-refractivity contribution in [2.45, 2.75) is 339 Å². The highest BCUT2D eigenvalue weighted by Gasteiger charge is 2.44. The van der Waals surface area contributed by atoms with Gasteiger partial charge in [-0.05, 0) is 89.9 Å². The summed E-state index contributed by atoms with van der Waals surface area (Å²) in [6.07, 6.45) is 64.6. The molecule has 7 atom stereocenters. The monoisotopic (exact) mass is 1110 g/mol. The van der Waals surface area contributed by atoms with Gasteiger partial charge >= 0.3 is 5.97 Å². The lowest BCUT2D eigenvalue weighted by molar-refractivity contribution is -0.302. The van der Waals surface area contributed by atoms with Gasteiger partial charge in [-0.2, -0.15) is 0 Å². The maximum Gasteiger partial charge on any atom is 0.305 e. The highest BCUT2D eigenvalue weighted by molar-refractivity contribution is 5.76. The van der Waals surface area contributed by atoms with Gasteiger partial charge in [0.1, 0.15) is 24.4 Å². The zero-order valence-electron chi connectivity index (χ0n) is 50.8. The Morgan fingerprint density at radius 3 is 1.33 bits per heavy atom. The van der Waals surface area contributed by atoms with Crippen molar-refractivity contribution in [3.05, 3.63) is 60.8 Å². The van der Waals surface area contributed by atoms with E-state index in [0.29, 0.717) is 19.4 Å². The first-order valence-corrected chi connectivity index (χ1v) is 33.1. The fourth-order valence-corrected chi connectivity index (χ4v) is 10.1. The summed E-state index contributed by atoms with van der Waals surface area (Å²) < 4.78 is 16.7. The van der Waals surface area contributed by atoms with E-state index in [1.807, 2.05) is 6.08 Å². The zero-order valence-corrected chi connectivity index (χ0v) is 50.8. The molecule has 0 radical (unpaired) electrons. The molecule has 1 amide bonds. The summed E-state index contributed by atoms with van der Waals surface area (Å²) in [5, 5.41) is 54.5. The molecular formula is C68H123NO10. The van der Waals surface area contributed by atoms with Crippen LogP contribution < -0.4 is 5.32 Å². The molecule has 0 aromatic rings. The van der Waals surface area contributed by atoms with Crippen molar-refractivity contribution in [2.75, 3.05) is 19.8 Å². The second kappa shape index (κ2) is 57.2. The molecule has 460 valence electrons. The Labute approximate surface area is 484 Å². The lowest BCUT2D eigenvalue weighted by atomic mass is 9.99. The maximum absolute atomic E-state index is 13.1. The summed E-state index contributed by atoms with van der Waals surface area (Å²) in [7, 11) is 0. The Bertz CT molecular complexity index is 1500. The van der Waals surface area contributed by atoms with Crippen molar-refractivity contribution in [3.8, 4) is 0 Å². The molecule has 11 heteroatoms. The van der Waals surface area contributed by atoms with Crippen molar-refractivity contribution >= 4 is 11.9 Å². The number of carbonyl (C=O) groups is 2. The number of ether oxygens (including phenoxy) is 3. The molecule has 1 aliphatic rings. The van der Waals surface area contributed by atoms with E-state index in [9.17, 15) is 35.1 Å². The molecule has 0 saturated carbocycles. The van der Waals surface area contributed by atoms with Crippen LogP contribution in [-0.4, -0.2) is 100 Å². The number of aliphatic hydroxyl groups excluding tert-OH is 5. The van der Waals surface area contributed by atoms with Gasteiger partial charge in [0.15, 0.2) is 6.29 Å². The first kappa shape index (κ1) is 74.4. The van der Waals surface area contributed by atoms with Gasteiger partial charge in [0.05, 0.1) is 32.0 Å². The summed E-state index contributed by atoms with van der Waals surface area (Å²) in [5.41, 5.74) is 0. The van der Waals surface area contributed by atoms with E-state index >= 15 is 0 Å². The predicted molar refractivity (Wildman–Crippen MR) is 329 cm³/mol. The van der Waals surface area contributed by atoms with E-state index in [1.54, 1.807) is 6.08 Å². The number of allylic oxidation sites excluding steroid dienone is 9. The predicted octanol–water partition coefficient (Wildman–Crippen LogP) is 16.2. The Morgan fingerprint density at radius 1 is 0.468 bits per heavy atom. The molecule has 0 spiro atoms. The van der Waals surface area contributed by atoms with Gasteiger partial charge in [0.25, 0.3) is 0 Å². The van der Waals surface area contributed by atoms with Gasteiger partial charge in [-0.25, -0.2) is 0 Å². The van der Waals surface area contributed by atoms with Crippen LogP contribution in [0.25, 0.3) is 0 Å². The minimum atomic E-state index is -1.57. The largest absolute Gasteiger partial charge is 0.466 e. The number of amides is 1. The first-order valence-electron chi connectivity index (χ1n) is 33.1. The van der Waals surface area contributed by atoms with Crippen molar-refractivity contribution in [1.29, 1.82) is 0 Å². The van der Waals surface area contributed by atoms with Crippen LogP contribution in [0.4, 0.5) is 0 Å². The number of hydrogen-bond donors (Lipinski definition) is 6. The van der Waals surface area contributed by atoms with Gasteiger partial charge in [-0.15, -0.1) is 0 Å². The Kier molecular flexibility index (Phi) is 53.8. The van der Waals surface area contributed by atoms with E-state index in [1.165, 1.54) is 173 Å². The van der Waals surface area contributed by atoms with Crippen LogP contribution in [0.15, 0.2) is 60.8 Å². The van der Waals surface area contributed by atoms with Crippen molar-refractivity contribution < 1.29 is 49.3 Å². The van der Waals surface area contributed by atoms with E-state index in [0.717, 1.165) is 96.3 Å². The van der Waals surface area contributed by atoms with Crippen LogP contribution in [0.5, 0.6) is 0 Å². The molecule has 1 heterocycles. The molecule has 7 unspecified atom stereocenters. The number of esters is 1. The maximum atomic E-state index is 13.1. The molecule has 0 aromatic carbocycles. The third kappa shape index (κ3) is 46.5. The van der Waals surface area contributed by atoms with Gasteiger partial charge in [-0.3, -0.25) is 9.59 Å². The average Bonchev–Trinajstić information content (AvgIpc) is 3.45. The fraction of sp³-hybridized carbons (Fsp3) is 0.824. The molecule has 1 saturated heterocycles. The normalized spacial score (nSPS) is 18.8. The van der Waals surface area contributed by atoms with Crippen LogP contribution in [0.2, 0.25) is 0 Å². The second-order valence-corrected chi connectivity index (χ2v) is 22.8. The minimum Gasteiger partial charge on any atom is -0.466 e. The molecule has 0 aliphatic carbocycles. The quantitative estimate of drug-likeness (QED) is 0.0195. The number of aliphatic hydroxyl groups is 5. The molecule has 0 aromatic heterocycles. The first-order chi connectivity index (χ1) is 38.7. The van der Waals surface area contributed by atoms with Crippen LogP contribution in [0, 0.1) is 0 Å². The second-order valence-electron chi connectivity index (χ2n) is 22.8. The summed E-state index contributed by atoms with van der Waals surface area (Å²) in [6, 6.07) is -0.816. The SMILES string of the molecule is CCC/C=C\C/C=C\CCCCCCCC(=O)OCCCCCCCCCCC/C=C\C/C=C\CCCCCCCCCCCC(=O)NC(COC1OC(CO)C(O)C(O)C1O)C(O)/C=C/CCCCCCCCCCCCC. The number of hydrogen-bond acceptors (Lipinski definition) is 10. The van der Waals surface area contributed by atoms with Crippen LogP contribution in [0.3, 0.4) is 0 Å². The van der Waals surface area contributed by atoms with E-state index in [4.69, 9.17) is 14.2 Å². The molecule has 1 aliphatic heterocycles.